The van der Waals surface area contributed by atoms with Gasteiger partial charge in [0.1, 0.15) is 5.75 Å². The summed E-state index contributed by atoms with van der Waals surface area (Å²) >= 11 is 0. The van der Waals surface area contributed by atoms with Crippen molar-refractivity contribution in [3.63, 3.8) is 0 Å². The molecular weight excluding hydrogens is 313 g/mol. The molecule has 1 aliphatic rings. The Kier molecular flexibility index (Phi) is 5.35. The number of aliphatic hydroxyl groups excluding tert-OH is 1. The van der Waals surface area contributed by atoms with Gasteiger partial charge in [-0.3, -0.25) is 0 Å². The van der Waals surface area contributed by atoms with Crippen molar-refractivity contribution in [2.24, 2.45) is 0 Å². The summed E-state index contributed by atoms with van der Waals surface area (Å²) in [5, 5.41) is 12.0. The van der Waals surface area contributed by atoms with Crippen LogP contribution < -0.4 is 10.1 Å². The summed E-state index contributed by atoms with van der Waals surface area (Å²) in [7, 11) is 1.29. The summed E-state index contributed by atoms with van der Waals surface area (Å²) in [6.07, 6.45) is -3.82. The lowest BCUT2D eigenvalue weighted by Crippen LogP contribution is -2.46. The number of urea groups is 1. The van der Waals surface area contributed by atoms with E-state index >= 15 is 0 Å². The Bertz CT molecular complexity index is 563. The number of ether oxygens (including phenoxy) is 1. The first-order valence-corrected chi connectivity index (χ1v) is 7.26. The van der Waals surface area contributed by atoms with E-state index in [4.69, 9.17) is 4.74 Å². The van der Waals surface area contributed by atoms with E-state index in [9.17, 15) is 23.1 Å². The summed E-state index contributed by atoms with van der Waals surface area (Å²) in [4.78, 5) is 13.4. The zero-order valence-corrected chi connectivity index (χ0v) is 12.7. The highest BCUT2D eigenvalue weighted by atomic mass is 19.4. The van der Waals surface area contributed by atoms with Gasteiger partial charge in [0.15, 0.2) is 0 Å². The average molecular weight is 332 g/mol. The normalized spacial score (nSPS) is 18.7. The lowest BCUT2D eigenvalue weighted by Gasteiger charge is -2.30. The van der Waals surface area contributed by atoms with Crippen molar-refractivity contribution in [2.75, 3.05) is 20.2 Å². The van der Waals surface area contributed by atoms with Gasteiger partial charge in [0.25, 0.3) is 0 Å². The molecule has 0 unspecified atom stereocenters. The number of nitrogens with zero attached hydrogens (tertiary/aromatic N) is 1. The maximum absolute atomic E-state index is 13.1. The number of benzene rings is 1. The topological polar surface area (TPSA) is 61.8 Å². The fourth-order valence-electron chi connectivity index (χ4n) is 2.52. The first-order chi connectivity index (χ1) is 10.8. The number of amides is 2. The van der Waals surface area contributed by atoms with E-state index in [1.807, 2.05) is 0 Å². The van der Waals surface area contributed by atoms with Crippen LogP contribution in [-0.2, 0) is 12.7 Å². The number of alkyl halides is 3. The van der Waals surface area contributed by atoms with Crippen LogP contribution in [0.2, 0.25) is 0 Å². The first kappa shape index (κ1) is 17.4. The summed E-state index contributed by atoms with van der Waals surface area (Å²) in [6.45, 7) is 0.433. The van der Waals surface area contributed by atoms with E-state index in [1.165, 1.54) is 24.1 Å². The van der Waals surface area contributed by atoms with Crippen LogP contribution in [0.1, 0.15) is 24.0 Å². The summed E-state index contributed by atoms with van der Waals surface area (Å²) in [6, 6.07) is 3.13. The molecule has 1 fully saturated rings. The van der Waals surface area contributed by atoms with Crippen LogP contribution in [0.4, 0.5) is 18.0 Å². The molecule has 0 saturated carbocycles. The number of β-amino-alcohol motifs (C(OH)–C–C–N with tert-alkyl or cyclic N) is 1. The molecule has 0 radical (unpaired) electrons. The highest BCUT2D eigenvalue weighted by Crippen LogP contribution is 2.34. The number of methoxy groups -OCH3 is 1. The minimum atomic E-state index is -4.53. The third kappa shape index (κ3) is 4.51. The van der Waals surface area contributed by atoms with Gasteiger partial charge in [-0.1, -0.05) is 6.07 Å². The van der Waals surface area contributed by atoms with E-state index in [0.29, 0.717) is 19.4 Å². The van der Waals surface area contributed by atoms with E-state index in [-0.39, 0.29) is 24.4 Å². The van der Waals surface area contributed by atoms with Crippen molar-refractivity contribution in [3.8, 4) is 5.75 Å². The van der Waals surface area contributed by atoms with Gasteiger partial charge in [-0.15, -0.1) is 0 Å². The van der Waals surface area contributed by atoms with Gasteiger partial charge in [0, 0.05) is 19.6 Å². The number of hydrogen-bond acceptors (Lipinski definition) is 3. The predicted molar refractivity (Wildman–Crippen MR) is 77.0 cm³/mol. The van der Waals surface area contributed by atoms with Crippen molar-refractivity contribution in [3.05, 3.63) is 29.3 Å². The Hall–Kier alpha value is -1.96. The Morgan fingerprint density at radius 3 is 2.83 bits per heavy atom. The van der Waals surface area contributed by atoms with Gasteiger partial charge in [0.2, 0.25) is 0 Å². The molecule has 2 amide bonds. The maximum atomic E-state index is 13.1. The zero-order valence-electron chi connectivity index (χ0n) is 12.7. The number of carbonyl (C=O) groups is 1. The molecule has 0 bridgehead atoms. The van der Waals surface area contributed by atoms with Gasteiger partial charge < -0.3 is 20.1 Å². The fourth-order valence-corrected chi connectivity index (χ4v) is 2.52. The lowest BCUT2D eigenvalue weighted by atomic mass is 10.1. The van der Waals surface area contributed by atoms with Gasteiger partial charge >= 0.3 is 12.2 Å². The minimum absolute atomic E-state index is 0.0378. The minimum Gasteiger partial charge on any atom is -0.497 e. The highest BCUT2D eigenvalue weighted by Gasteiger charge is 2.34. The smallest absolute Gasteiger partial charge is 0.416 e. The third-order valence-electron chi connectivity index (χ3n) is 3.74. The molecule has 1 heterocycles. The average Bonchev–Trinajstić information content (AvgIpc) is 2.51. The van der Waals surface area contributed by atoms with Crippen LogP contribution in [0.5, 0.6) is 5.75 Å². The van der Waals surface area contributed by atoms with E-state index < -0.39 is 23.9 Å². The van der Waals surface area contributed by atoms with Crippen LogP contribution in [-0.4, -0.2) is 42.3 Å². The van der Waals surface area contributed by atoms with Crippen molar-refractivity contribution in [2.45, 2.75) is 31.7 Å². The molecule has 0 aromatic heterocycles. The molecule has 1 aromatic rings. The quantitative estimate of drug-likeness (QED) is 0.893. The molecule has 8 heteroatoms. The summed E-state index contributed by atoms with van der Waals surface area (Å²) < 4.78 is 44.1. The molecule has 5 nitrogen and oxygen atoms in total. The SMILES string of the molecule is COc1ccc(CNC(=O)N2CCC[C@H](O)C2)c(C(F)(F)F)c1. The summed E-state index contributed by atoms with van der Waals surface area (Å²) in [5.74, 6) is 0.103. The number of aliphatic hydroxyl groups is 1. The van der Waals surface area contributed by atoms with Gasteiger partial charge in [0.05, 0.1) is 18.8 Å². The second kappa shape index (κ2) is 7.08. The van der Waals surface area contributed by atoms with Gasteiger partial charge in [-0.2, -0.15) is 13.2 Å². The maximum Gasteiger partial charge on any atom is 0.416 e. The lowest BCUT2D eigenvalue weighted by molar-refractivity contribution is -0.138. The van der Waals surface area contributed by atoms with Gasteiger partial charge in [-0.05, 0) is 30.5 Å². The Labute approximate surface area is 132 Å². The molecule has 1 aromatic carbocycles. The molecule has 1 aliphatic heterocycles. The third-order valence-corrected chi connectivity index (χ3v) is 3.74. The second-order valence-electron chi connectivity index (χ2n) is 5.42. The van der Waals surface area contributed by atoms with Crippen molar-refractivity contribution in [1.82, 2.24) is 10.2 Å². The zero-order chi connectivity index (χ0) is 17.0. The number of piperidine rings is 1. The molecule has 128 valence electrons. The number of carbonyl (C=O) groups excluding carboxylic acids is 1. The number of likely N-dealkylation sites (tertiary alicyclic amines) is 1. The van der Waals surface area contributed by atoms with Crippen LogP contribution >= 0.6 is 0 Å². The Morgan fingerprint density at radius 2 is 2.22 bits per heavy atom. The van der Waals surface area contributed by atoms with E-state index in [0.717, 1.165) is 6.07 Å². The molecule has 1 atom stereocenters. The fraction of sp³-hybridized carbons (Fsp3) is 0.533. The molecule has 2 N–H and O–H groups in total. The molecule has 0 aliphatic carbocycles. The monoisotopic (exact) mass is 332 g/mol. The largest absolute Gasteiger partial charge is 0.497 e. The van der Waals surface area contributed by atoms with Crippen LogP contribution in [0.25, 0.3) is 0 Å². The van der Waals surface area contributed by atoms with Crippen LogP contribution in [0.3, 0.4) is 0 Å². The Morgan fingerprint density at radius 1 is 1.48 bits per heavy atom. The van der Waals surface area contributed by atoms with Gasteiger partial charge in [-0.25, -0.2) is 4.79 Å². The van der Waals surface area contributed by atoms with Crippen molar-refractivity contribution < 1.29 is 27.8 Å². The molecule has 23 heavy (non-hydrogen) atoms. The van der Waals surface area contributed by atoms with Crippen LogP contribution in [0.15, 0.2) is 18.2 Å². The number of halogens is 3. The molecule has 1 saturated heterocycles. The highest BCUT2D eigenvalue weighted by molar-refractivity contribution is 5.74. The number of rotatable bonds is 3. The summed E-state index contributed by atoms with van der Waals surface area (Å²) in [5.41, 5.74) is -0.875. The second-order valence-corrected chi connectivity index (χ2v) is 5.42. The van der Waals surface area contributed by atoms with E-state index in [2.05, 4.69) is 5.32 Å². The standard InChI is InChI=1S/C15H19F3N2O3/c1-23-12-5-4-10(13(7-12)15(16,17)18)8-19-14(22)20-6-2-3-11(21)9-20/h4-5,7,11,21H,2-3,6,8-9H2,1H3,(H,19,22)/t11-/m0/s1. The predicted octanol–water partition coefficient (Wildman–Crippen LogP) is 2.38. The molecule has 0 spiro atoms. The number of nitrogens with one attached hydrogen (secondary N) is 1. The molecular formula is C15H19F3N2O3. The van der Waals surface area contributed by atoms with Crippen molar-refractivity contribution in [1.29, 1.82) is 0 Å². The Balaban J connectivity index is 2.06. The first-order valence-electron chi connectivity index (χ1n) is 7.26. The van der Waals surface area contributed by atoms with Crippen molar-refractivity contribution >= 4 is 6.03 Å². The molecule has 2 rings (SSSR count). The van der Waals surface area contributed by atoms with E-state index in [1.54, 1.807) is 0 Å². The number of hydrogen-bond donors (Lipinski definition) is 2. The van der Waals surface area contributed by atoms with Crippen LogP contribution in [0, 0.1) is 0 Å².